The van der Waals surface area contributed by atoms with Gasteiger partial charge in [0.05, 0.1) is 18.3 Å². The molecular formula is C13H16N2OS. The number of thiazole rings is 1. The van der Waals surface area contributed by atoms with Gasteiger partial charge in [-0.05, 0) is 24.6 Å². The lowest BCUT2D eigenvalue weighted by molar-refractivity contribution is 0.414. The monoisotopic (exact) mass is 248 g/mol. The minimum absolute atomic E-state index is 0.842. The Morgan fingerprint density at radius 3 is 2.94 bits per heavy atom. The first-order chi connectivity index (χ1) is 8.29. The second-order valence-electron chi connectivity index (χ2n) is 3.82. The van der Waals surface area contributed by atoms with Crippen LogP contribution in [0.3, 0.4) is 0 Å². The average Bonchev–Trinajstić information content (AvgIpc) is 2.76. The van der Waals surface area contributed by atoms with Crippen molar-refractivity contribution in [3.8, 4) is 5.75 Å². The summed E-state index contributed by atoms with van der Waals surface area (Å²) >= 11 is 1.69. The summed E-state index contributed by atoms with van der Waals surface area (Å²) in [5, 5.41) is 3.41. The van der Waals surface area contributed by atoms with Gasteiger partial charge < -0.3 is 10.1 Å². The van der Waals surface area contributed by atoms with Crippen molar-refractivity contribution in [3.63, 3.8) is 0 Å². The highest BCUT2D eigenvalue weighted by atomic mass is 32.1. The topological polar surface area (TPSA) is 34.1 Å². The molecule has 0 aliphatic rings. The second-order valence-corrected chi connectivity index (χ2v) is 4.76. The summed E-state index contributed by atoms with van der Waals surface area (Å²) in [4.78, 5) is 5.53. The van der Waals surface area contributed by atoms with Crippen molar-refractivity contribution in [1.82, 2.24) is 10.3 Å². The van der Waals surface area contributed by atoms with Crippen LogP contribution in [-0.4, -0.2) is 12.1 Å². The van der Waals surface area contributed by atoms with Crippen LogP contribution < -0.4 is 10.1 Å². The first-order valence-electron chi connectivity index (χ1n) is 5.52. The zero-order valence-electron chi connectivity index (χ0n) is 10.1. The molecule has 0 unspecified atom stereocenters. The van der Waals surface area contributed by atoms with Gasteiger partial charge in [-0.15, -0.1) is 11.3 Å². The lowest BCUT2D eigenvalue weighted by Crippen LogP contribution is -2.12. The molecule has 0 radical (unpaired) electrons. The standard InChI is InChI=1S/C13H16N2OS/c1-10-13(17-9-15-10)8-14-7-11-4-3-5-12(6-11)16-2/h3-6,9,14H,7-8H2,1-2H3. The first kappa shape index (κ1) is 12.1. The van der Waals surface area contributed by atoms with Gasteiger partial charge >= 0.3 is 0 Å². The van der Waals surface area contributed by atoms with Crippen molar-refractivity contribution >= 4 is 11.3 Å². The van der Waals surface area contributed by atoms with Gasteiger partial charge in [-0.25, -0.2) is 4.98 Å². The van der Waals surface area contributed by atoms with Gasteiger partial charge in [0.25, 0.3) is 0 Å². The Bertz CT molecular complexity index is 482. The minimum atomic E-state index is 0.842. The zero-order valence-corrected chi connectivity index (χ0v) is 10.9. The van der Waals surface area contributed by atoms with E-state index >= 15 is 0 Å². The Morgan fingerprint density at radius 1 is 1.35 bits per heavy atom. The Kier molecular flexibility index (Phi) is 4.12. The van der Waals surface area contributed by atoms with Gasteiger partial charge in [0.1, 0.15) is 5.75 Å². The van der Waals surface area contributed by atoms with Gasteiger partial charge in [0, 0.05) is 18.0 Å². The molecule has 0 saturated heterocycles. The van der Waals surface area contributed by atoms with Gasteiger partial charge in [0.15, 0.2) is 0 Å². The third kappa shape index (κ3) is 3.28. The minimum Gasteiger partial charge on any atom is -0.497 e. The number of ether oxygens (including phenoxy) is 1. The molecule has 0 bridgehead atoms. The van der Waals surface area contributed by atoms with E-state index in [1.54, 1.807) is 18.4 Å². The average molecular weight is 248 g/mol. The van der Waals surface area contributed by atoms with E-state index in [0.29, 0.717) is 0 Å². The summed E-state index contributed by atoms with van der Waals surface area (Å²) in [7, 11) is 1.69. The molecule has 1 N–H and O–H groups in total. The van der Waals surface area contributed by atoms with E-state index in [2.05, 4.69) is 16.4 Å². The normalized spacial score (nSPS) is 10.5. The predicted octanol–water partition coefficient (Wildman–Crippen LogP) is 2.75. The number of aromatic nitrogens is 1. The molecular weight excluding hydrogens is 232 g/mol. The maximum atomic E-state index is 5.19. The quantitative estimate of drug-likeness (QED) is 0.883. The van der Waals surface area contributed by atoms with Crippen molar-refractivity contribution in [2.24, 2.45) is 0 Å². The summed E-state index contributed by atoms with van der Waals surface area (Å²) in [6.45, 7) is 3.75. The third-order valence-corrected chi connectivity index (χ3v) is 3.53. The van der Waals surface area contributed by atoms with Crippen molar-refractivity contribution in [1.29, 1.82) is 0 Å². The molecule has 0 aliphatic carbocycles. The molecule has 17 heavy (non-hydrogen) atoms. The lowest BCUT2D eigenvalue weighted by Gasteiger charge is -2.06. The molecule has 0 atom stereocenters. The molecule has 0 amide bonds. The van der Waals surface area contributed by atoms with E-state index in [4.69, 9.17) is 4.74 Å². The molecule has 3 nitrogen and oxygen atoms in total. The molecule has 4 heteroatoms. The summed E-state index contributed by atoms with van der Waals surface area (Å²) in [5.74, 6) is 0.901. The van der Waals surface area contributed by atoms with E-state index in [1.807, 2.05) is 30.6 Å². The fourth-order valence-electron chi connectivity index (χ4n) is 1.60. The summed E-state index contributed by atoms with van der Waals surface area (Å²) < 4.78 is 5.19. The number of nitrogens with one attached hydrogen (secondary N) is 1. The Labute approximate surface area is 105 Å². The van der Waals surface area contributed by atoms with Gasteiger partial charge in [0.2, 0.25) is 0 Å². The van der Waals surface area contributed by atoms with Gasteiger partial charge in [-0.2, -0.15) is 0 Å². The molecule has 90 valence electrons. The highest BCUT2D eigenvalue weighted by molar-refractivity contribution is 7.09. The number of nitrogens with zero attached hydrogens (tertiary/aromatic N) is 1. The third-order valence-electron chi connectivity index (χ3n) is 2.59. The van der Waals surface area contributed by atoms with E-state index in [9.17, 15) is 0 Å². The van der Waals surface area contributed by atoms with Crippen molar-refractivity contribution in [3.05, 3.63) is 45.9 Å². The highest BCUT2D eigenvalue weighted by Gasteiger charge is 2.01. The fourth-order valence-corrected chi connectivity index (χ4v) is 2.35. The SMILES string of the molecule is COc1cccc(CNCc2scnc2C)c1. The van der Waals surface area contributed by atoms with E-state index in [1.165, 1.54) is 10.4 Å². The number of aryl methyl sites for hydroxylation is 1. The lowest BCUT2D eigenvalue weighted by atomic mass is 10.2. The highest BCUT2D eigenvalue weighted by Crippen LogP contribution is 2.14. The van der Waals surface area contributed by atoms with Gasteiger partial charge in [-0.3, -0.25) is 0 Å². The van der Waals surface area contributed by atoms with Crippen LogP contribution in [0.25, 0.3) is 0 Å². The first-order valence-corrected chi connectivity index (χ1v) is 6.40. The molecule has 1 aromatic carbocycles. The molecule has 0 spiro atoms. The molecule has 1 heterocycles. The van der Waals surface area contributed by atoms with E-state index in [0.717, 1.165) is 24.5 Å². The van der Waals surface area contributed by atoms with Crippen LogP contribution in [0.4, 0.5) is 0 Å². The summed E-state index contributed by atoms with van der Waals surface area (Å²) in [5.41, 5.74) is 4.23. The van der Waals surface area contributed by atoms with Crippen LogP contribution in [0.15, 0.2) is 29.8 Å². The van der Waals surface area contributed by atoms with Crippen LogP contribution in [0, 0.1) is 6.92 Å². The largest absolute Gasteiger partial charge is 0.497 e. The fraction of sp³-hybridized carbons (Fsp3) is 0.308. The van der Waals surface area contributed by atoms with E-state index in [-0.39, 0.29) is 0 Å². The molecule has 2 aromatic rings. The van der Waals surface area contributed by atoms with Gasteiger partial charge in [-0.1, -0.05) is 12.1 Å². The molecule has 0 aliphatic heterocycles. The van der Waals surface area contributed by atoms with Crippen LogP contribution in [0.1, 0.15) is 16.1 Å². The number of methoxy groups -OCH3 is 1. The maximum absolute atomic E-state index is 5.19. The van der Waals surface area contributed by atoms with Crippen molar-refractivity contribution < 1.29 is 4.74 Å². The Hall–Kier alpha value is -1.39. The Balaban J connectivity index is 1.87. The number of hydrogen-bond donors (Lipinski definition) is 1. The zero-order chi connectivity index (χ0) is 12.1. The summed E-state index contributed by atoms with van der Waals surface area (Å²) in [6.07, 6.45) is 0. The number of hydrogen-bond acceptors (Lipinski definition) is 4. The van der Waals surface area contributed by atoms with Crippen LogP contribution in [-0.2, 0) is 13.1 Å². The predicted molar refractivity (Wildman–Crippen MR) is 70.4 cm³/mol. The molecule has 0 fully saturated rings. The smallest absolute Gasteiger partial charge is 0.119 e. The second kappa shape index (κ2) is 5.80. The molecule has 2 rings (SSSR count). The number of benzene rings is 1. The summed E-state index contributed by atoms with van der Waals surface area (Å²) in [6, 6.07) is 8.10. The van der Waals surface area contributed by atoms with Crippen LogP contribution in [0.2, 0.25) is 0 Å². The van der Waals surface area contributed by atoms with Crippen LogP contribution in [0.5, 0.6) is 5.75 Å². The van der Waals surface area contributed by atoms with E-state index < -0.39 is 0 Å². The Morgan fingerprint density at radius 2 is 2.24 bits per heavy atom. The molecule has 0 saturated carbocycles. The maximum Gasteiger partial charge on any atom is 0.119 e. The molecule has 1 aromatic heterocycles. The van der Waals surface area contributed by atoms with Crippen molar-refractivity contribution in [2.45, 2.75) is 20.0 Å². The van der Waals surface area contributed by atoms with Crippen molar-refractivity contribution in [2.75, 3.05) is 7.11 Å². The van der Waals surface area contributed by atoms with Crippen LogP contribution >= 0.6 is 11.3 Å². The number of rotatable bonds is 5.